The van der Waals surface area contributed by atoms with Crippen LogP contribution in [-0.4, -0.2) is 29.6 Å². The van der Waals surface area contributed by atoms with E-state index in [1.807, 2.05) is 0 Å². The number of hydrogen-bond acceptors (Lipinski definition) is 2. The third kappa shape index (κ3) is 3.14. The summed E-state index contributed by atoms with van der Waals surface area (Å²) in [5.74, 6) is 0. The second-order valence-corrected chi connectivity index (χ2v) is 6.93. The third-order valence-electron chi connectivity index (χ3n) is 3.87. The molecule has 1 N–H and O–H groups in total. The Kier molecular flexibility index (Phi) is 4.15. The molecule has 3 heteroatoms. The Morgan fingerprint density at radius 2 is 1.94 bits per heavy atom. The van der Waals surface area contributed by atoms with Gasteiger partial charge in [-0.1, -0.05) is 28.1 Å². The lowest BCUT2D eigenvalue weighted by Gasteiger charge is -2.46. The van der Waals surface area contributed by atoms with Crippen LogP contribution >= 0.6 is 15.9 Å². The minimum Gasteiger partial charge on any atom is -0.309 e. The first-order valence-corrected chi connectivity index (χ1v) is 7.44. The van der Waals surface area contributed by atoms with Gasteiger partial charge in [0.1, 0.15) is 0 Å². The van der Waals surface area contributed by atoms with Gasteiger partial charge < -0.3 is 5.32 Å². The summed E-state index contributed by atoms with van der Waals surface area (Å²) in [6.07, 6.45) is 0. The quantitative estimate of drug-likeness (QED) is 0.898. The second-order valence-electron chi connectivity index (χ2n) is 6.01. The molecule has 2 unspecified atom stereocenters. The van der Waals surface area contributed by atoms with Crippen LogP contribution in [0.4, 0.5) is 0 Å². The number of benzene rings is 1. The van der Waals surface area contributed by atoms with Gasteiger partial charge in [-0.25, -0.2) is 0 Å². The van der Waals surface area contributed by atoms with Gasteiger partial charge in [0.2, 0.25) is 0 Å². The smallest absolute Gasteiger partial charge is 0.0324 e. The van der Waals surface area contributed by atoms with Crippen LogP contribution in [0, 0.1) is 0 Å². The summed E-state index contributed by atoms with van der Waals surface area (Å²) in [5, 5.41) is 3.60. The molecule has 2 rings (SSSR count). The van der Waals surface area contributed by atoms with Gasteiger partial charge in [0.25, 0.3) is 0 Å². The van der Waals surface area contributed by atoms with Crippen LogP contribution in [0.2, 0.25) is 0 Å². The average Bonchev–Trinajstić information content (AvgIpc) is 2.32. The molecule has 0 radical (unpaired) electrons. The molecular formula is C15H23BrN2. The fourth-order valence-electron chi connectivity index (χ4n) is 2.66. The molecule has 0 saturated carbocycles. The molecule has 1 heterocycles. The van der Waals surface area contributed by atoms with Crippen molar-refractivity contribution in [3.63, 3.8) is 0 Å². The van der Waals surface area contributed by atoms with Crippen molar-refractivity contribution in [1.29, 1.82) is 0 Å². The van der Waals surface area contributed by atoms with Gasteiger partial charge in [-0.05, 0) is 45.4 Å². The Labute approximate surface area is 119 Å². The van der Waals surface area contributed by atoms with Crippen molar-refractivity contribution in [2.45, 2.75) is 45.3 Å². The first kappa shape index (κ1) is 14.0. The maximum Gasteiger partial charge on any atom is 0.0324 e. The van der Waals surface area contributed by atoms with Crippen LogP contribution in [0.3, 0.4) is 0 Å². The fraction of sp³-hybridized carbons (Fsp3) is 0.600. The molecule has 100 valence electrons. The molecule has 0 aromatic heterocycles. The maximum atomic E-state index is 3.60. The zero-order chi connectivity index (χ0) is 13.3. The van der Waals surface area contributed by atoms with Crippen molar-refractivity contribution in [2.24, 2.45) is 0 Å². The topological polar surface area (TPSA) is 15.3 Å². The molecule has 1 aromatic rings. The molecule has 0 amide bonds. The van der Waals surface area contributed by atoms with E-state index < -0.39 is 0 Å². The fourth-order valence-corrected chi connectivity index (χ4v) is 2.93. The summed E-state index contributed by atoms with van der Waals surface area (Å²) < 4.78 is 1.15. The molecular weight excluding hydrogens is 288 g/mol. The first-order chi connectivity index (χ1) is 8.39. The van der Waals surface area contributed by atoms with Gasteiger partial charge >= 0.3 is 0 Å². The van der Waals surface area contributed by atoms with E-state index in [0.717, 1.165) is 17.6 Å². The zero-order valence-electron chi connectivity index (χ0n) is 11.7. The Balaban J connectivity index is 2.16. The van der Waals surface area contributed by atoms with Crippen molar-refractivity contribution in [1.82, 2.24) is 10.2 Å². The highest BCUT2D eigenvalue weighted by Crippen LogP contribution is 2.27. The van der Waals surface area contributed by atoms with Gasteiger partial charge in [0.15, 0.2) is 0 Å². The Morgan fingerprint density at radius 1 is 1.33 bits per heavy atom. The minimum atomic E-state index is 0.204. The zero-order valence-corrected chi connectivity index (χ0v) is 13.3. The molecule has 0 aliphatic carbocycles. The summed E-state index contributed by atoms with van der Waals surface area (Å²) in [7, 11) is 0. The number of nitrogens with zero attached hydrogens (tertiary/aromatic N) is 1. The lowest BCUT2D eigenvalue weighted by atomic mass is 9.95. The van der Waals surface area contributed by atoms with Crippen LogP contribution in [0.15, 0.2) is 28.7 Å². The van der Waals surface area contributed by atoms with Crippen LogP contribution in [-0.2, 0) is 0 Å². The van der Waals surface area contributed by atoms with E-state index in [9.17, 15) is 0 Å². The average molecular weight is 311 g/mol. The Bertz CT molecular complexity index is 399. The minimum absolute atomic E-state index is 0.204. The van der Waals surface area contributed by atoms with Crippen LogP contribution < -0.4 is 5.32 Å². The van der Waals surface area contributed by atoms with Gasteiger partial charge in [0.05, 0.1) is 0 Å². The van der Waals surface area contributed by atoms with Crippen LogP contribution in [0.1, 0.15) is 39.3 Å². The van der Waals surface area contributed by atoms with Crippen molar-refractivity contribution in [3.05, 3.63) is 34.3 Å². The van der Waals surface area contributed by atoms with E-state index in [1.54, 1.807) is 0 Å². The van der Waals surface area contributed by atoms with E-state index in [1.165, 1.54) is 5.56 Å². The standard InChI is InChI=1S/C15H23BrN2/c1-11-9-17-15(3,4)10-18(11)12(2)13-5-7-14(16)8-6-13/h5-8,11-12,17H,9-10H2,1-4H3. The van der Waals surface area contributed by atoms with E-state index >= 15 is 0 Å². The molecule has 1 aliphatic rings. The van der Waals surface area contributed by atoms with Gasteiger partial charge in [-0.15, -0.1) is 0 Å². The number of hydrogen-bond donors (Lipinski definition) is 1. The van der Waals surface area contributed by atoms with E-state index in [-0.39, 0.29) is 5.54 Å². The molecule has 1 aliphatic heterocycles. The summed E-state index contributed by atoms with van der Waals surface area (Å²) in [6, 6.07) is 9.74. The van der Waals surface area contributed by atoms with Crippen molar-refractivity contribution >= 4 is 15.9 Å². The van der Waals surface area contributed by atoms with Gasteiger partial charge in [-0.2, -0.15) is 0 Å². The molecule has 2 atom stereocenters. The number of piperazine rings is 1. The second kappa shape index (κ2) is 5.32. The highest BCUT2D eigenvalue weighted by molar-refractivity contribution is 9.10. The van der Waals surface area contributed by atoms with Crippen molar-refractivity contribution in [2.75, 3.05) is 13.1 Å². The van der Waals surface area contributed by atoms with E-state index in [4.69, 9.17) is 0 Å². The SMILES string of the molecule is CC1CNC(C)(C)CN1C(C)c1ccc(Br)cc1. The largest absolute Gasteiger partial charge is 0.309 e. The van der Waals surface area contributed by atoms with Crippen molar-refractivity contribution < 1.29 is 0 Å². The normalized spacial score (nSPS) is 25.9. The monoisotopic (exact) mass is 310 g/mol. The summed E-state index contributed by atoms with van der Waals surface area (Å²) in [6.45, 7) is 11.3. The van der Waals surface area contributed by atoms with Crippen molar-refractivity contribution in [3.8, 4) is 0 Å². The molecule has 1 saturated heterocycles. The first-order valence-electron chi connectivity index (χ1n) is 6.65. The lowest BCUT2D eigenvalue weighted by molar-refractivity contribution is 0.0689. The number of rotatable bonds is 2. The highest BCUT2D eigenvalue weighted by Gasteiger charge is 2.33. The molecule has 1 fully saturated rings. The van der Waals surface area contributed by atoms with Crippen LogP contribution in [0.25, 0.3) is 0 Å². The molecule has 0 spiro atoms. The predicted molar refractivity (Wildman–Crippen MR) is 80.8 cm³/mol. The predicted octanol–water partition coefficient (Wildman–Crippen LogP) is 3.58. The summed E-state index contributed by atoms with van der Waals surface area (Å²) in [4.78, 5) is 2.60. The van der Waals surface area contributed by atoms with E-state index in [2.05, 4.69) is 78.1 Å². The van der Waals surface area contributed by atoms with Gasteiger partial charge in [-0.3, -0.25) is 4.90 Å². The molecule has 0 bridgehead atoms. The highest BCUT2D eigenvalue weighted by atomic mass is 79.9. The molecule has 2 nitrogen and oxygen atoms in total. The number of halogens is 1. The Hall–Kier alpha value is -0.380. The molecule has 18 heavy (non-hydrogen) atoms. The van der Waals surface area contributed by atoms with Crippen LogP contribution in [0.5, 0.6) is 0 Å². The maximum absolute atomic E-state index is 3.60. The summed E-state index contributed by atoms with van der Waals surface area (Å²) >= 11 is 3.50. The number of nitrogens with one attached hydrogen (secondary N) is 1. The Morgan fingerprint density at radius 3 is 2.56 bits per heavy atom. The third-order valence-corrected chi connectivity index (χ3v) is 4.40. The summed E-state index contributed by atoms with van der Waals surface area (Å²) in [5.41, 5.74) is 1.60. The van der Waals surface area contributed by atoms with E-state index in [0.29, 0.717) is 12.1 Å². The van der Waals surface area contributed by atoms with Gasteiger partial charge in [0, 0.05) is 35.2 Å². The lowest BCUT2D eigenvalue weighted by Crippen LogP contribution is -2.61. The molecule has 1 aromatic carbocycles.